The molecule has 1 aromatic heterocycles. The molecule has 1 heterocycles. The van der Waals surface area contributed by atoms with Crippen molar-refractivity contribution in [3.63, 3.8) is 0 Å². The fourth-order valence-electron chi connectivity index (χ4n) is 1.98. The molecular formula is C14H26N2OS. The van der Waals surface area contributed by atoms with Crippen molar-refractivity contribution in [2.24, 2.45) is 5.92 Å². The number of nitrogens with one attached hydrogen (secondary N) is 1. The summed E-state index contributed by atoms with van der Waals surface area (Å²) in [4.78, 5) is 6.17. The van der Waals surface area contributed by atoms with E-state index in [9.17, 15) is 0 Å². The Morgan fingerprint density at radius 2 is 2.06 bits per heavy atom. The van der Waals surface area contributed by atoms with Gasteiger partial charge in [-0.3, -0.25) is 0 Å². The number of rotatable bonds is 8. The molecule has 1 N–H and O–H groups in total. The van der Waals surface area contributed by atoms with Crippen molar-refractivity contribution in [3.8, 4) is 0 Å². The molecule has 1 atom stereocenters. The van der Waals surface area contributed by atoms with E-state index in [1.165, 1.54) is 10.6 Å². The Labute approximate surface area is 115 Å². The Morgan fingerprint density at radius 1 is 1.33 bits per heavy atom. The summed E-state index contributed by atoms with van der Waals surface area (Å²) in [6.07, 6.45) is 2.34. The molecule has 0 saturated carbocycles. The summed E-state index contributed by atoms with van der Waals surface area (Å²) in [5.74, 6) is 0.466. The van der Waals surface area contributed by atoms with Gasteiger partial charge in [0.1, 0.15) is 11.1 Å². The zero-order valence-electron chi connectivity index (χ0n) is 12.2. The van der Waals surface area contributed by atoms with E-state index in [2.05, 4.69) is 26.1 Å². The van der Waals surface area contributed by atoms with Crippen LogP contribution >= 0.6 is 11.3 Å². The minimum Gasteiger partial charge on any atom is -0.371 e. The van der Waals surface area contributed by atoms with Crippen LogP contribution in [0.2, 0.25) is 0 Å². The molecule has 0 spiro atoms. The molecule has 0 aromatic carbocycles. The van der Waals surface area contributed by atoms with Gasteiger partial charge in [0.25, 0.3) is 0 Å². The summed E-state index contributed by atoms with van der Waals surface area (Å²) in [5, 5.41) is 4.37. The van der Waals surface area contributed by atoms with Crippen LogP contribution in [-0.4, -0.2) is 18.6 Å². The molecule has 0 aliphatic rings. The van der Waals surface area contributed by atoms with Crippen LogP contribution in [0.25, 0.3) is 0 Å². The van der Waals surface area contributed by atoms with Gasteiger partial charge in [-0.1, -0.05) is 27.2 Å². The molecule has 0 amide bonds. The number of hydrogen-bond donors (Lipinski definition) is 1. The summed E-state index contributed by atoms with van der Waals surface area (Å²) in [5.41, 5.74) is 1.25. The molecular weight excluding hydrogens is 244 g/mol. The van der Waals surface area contributed by atoms with Crippen molar-refractivity contribution >= 4 is 11.3 Å². The summed E-state index contributed by atoms with van der Waals surface area (Å²) in [6.45, 7) is 10.3. The largest absolute Gasteiger partial charge is 0.371 e. The molecule has 1 rings (SSSR count). The first-order valence-electron chi connectivity index (χ1n) is 6.88. The van der Waals surface area contributed by atoms with Crippen LogP contribution in [0.4, 0.5) is 0 Å². The van der Waals surface area contributed by atoms with Gasteiger partial charge in [-0.25, -0.2) is 4.98 Å². The summed E-state index contributed by atoms with van der Waals surface area (Å²) < 4.78 is 5.84. The third-order valence-corrected chi connectivity index (χ3v) is 3.97. The zero-order valence-corrected chi connectivity index (χ0v) is 13.1. The van der Waals surface area contributed by atoms with E-state index < -0.39 is 0 Å². The first-order valence-corrected chi connectivity index (χ1v) is 7.70. The second kappa shape index (κ2) is 7.87. The molecule has 0 aliphatic carbocycles. The third-order valence-electron chi connectivity index (χ3n) is 2.81. The fourth-order valence-corrected chi connectivity index (χ4v) is 3.33. The molecule has 104 valence electrons. The van der Waals surface area contributed by atoms with Crippen LogP contribution in [0.1, 0.15) is 55.8 Å². The van der Waals surface area contributed by atoms with E-state index in [1.54, 1.807) is 11.3 Å². The van der Waals surface area contributed by atoms with Crippen molar-refractivity contribution in [1.82, 2.24) is 10.3 Å². The van der Waals surface area contributed by atoms with Gasteiger partial charge in [0.05, 0.1) is 5.69 Å². The van der Waals surface area contributed by atoms with E-state index in [0.29, 0.717) is 5.92 Å². The highest BCUT2D eigenvalue weighted by molar-refractivity contribution is 7.11. The number of ether oxygens (including phenoxy) is 1. The van der Waals surface area contributed by atoms with Crippen molar-refractivity contribution in [3.05, 3.63) is 15.6 Å². The SMILES string of the molecule is CCCc1nc(C(OCC)C(C)C)sc1CNC. The van der Waals surface area contributed by atoms with Gasteiger partial charge < -0.3 is 10.1 Å². The lowest BCUT2D eigenvalue weighted by Gasteiger charge is -2.18. The minimum absolute atomic E-state index is 0.140. The highest BCUT2D eigenvalue weighted by atomic mass is 32.1. The Bertz CT molecular complexity index is 326. The van der Waals surface area contributed by atoms with Crippen molar-refractivity contribution in [2.45, 2.75) is 53.2 Å². The molecule has 1 aromatic rings. The Kier molecular flexibility index (Phi) is 6.82. The molecule has 0 saturated heterocycles. The number of aromatic nitrogens is 1. The summed E-state index contributed by atoms with van der Waals surface area (Å²) in [6, 6.07) is 0. The van der Waals surface area contributed by atoms with Crippen molar-refractivity contribution < 1.29 is 4.74 Å². The van der Waals surface area contributed by atoms with E-state index in [1.807, 2.05) is 14.0 Å². The first-order chi connectivity index (χ1) is 8.63. The zero-order chi connectivity index (χ0) is 13.5. The van der Waals surface area contributed by atoms with E-state index >= 15 is 0 Å². The first kappa shape index (κ1) is 15.6. The van der Waals surface area contributed by atoms with Gasteiger partial charge in [-0.05, 0) is 26.3 Å². The van der Waals surface area contributed by atoms with Gasteiger partial charge in [0.15, 0.2) is 0 Å². The lowest BCUT2D eigenvalue weighted by Crippen LogP contribution is -2.10. The normalized spacial score (nSPS) is 13.2. The molecule has 0 aliphatic heterocycles. The van der Waals surface area contributed by atoms with Crippen molar-refractivity contribution in [1.29, 1.82) is 0 Å². The van der Waals surface area contributed by atoms with Gasteiger partial charge in [0.2, 0.25) is 0 Å². The van der Waals surface area contributed by atoms with Crippen molar-refractivity contribution in [2.75, 3.05) is 13.7 Å². The van der Waals surface area contributed by atoms with Crippen LogP contribution in [-0.2, 0) is 17.7 Å². The molecule has 3 nitrogen and oxygen atoms in total. The van der Waals surface area contributed by atoms with Gasteiger partial charge in [0, 0.05) is 18.0 Å². The molecule has 1 unspecified atom stereocenters. The Morgan fingerprint density at radius 3 is 2.56 bits per heavy atom. The molecule has 0 radical (unpaired) electrons. The number of nitrogens with zero attached hydrogens (tertiary/aromatic N) is 1. The van der Waals surface area contributed by atoms with Crippen LogP contribution in [0.3, 0.4) is 0 Å². The van der Waals surface area contributed by atoms with E-state index in [4.69, 9.17) is 9.72 Å². The standard InChI is InChI=1S/C14H26N2OS/c1-6-8-11-12(9-15-5)18-14(16-11)13(10(3)4)17-7-2/h10,13,15H,6-9H2,1-5H3. The number of thiazole rings is 1. The predicted octanol–water partition coefficient (Wildman–Crippen LogP) is 3.55. The summed E-state index contributed by atoms with van der Waals surface area (Å²) >= 11 is 1.80. The van der Waals surface area contributed by atoms with Gasteiger partial charge in [-0.15, -0.1) is 11.3 Å². The quantitative estimate of drug-likeness (QED) is 0.784. The van der Waals surface area contributed by atoms with Gasteiger partial charge in [-0.2, -0.15) is 0 Å². The highest BCUT2D eigenvalue weighted by Gasteiger charge is 2.21. The van der Waals surface area contributed by atoms with Crippen LogP contribution in [0.5, 0.6) is 0 Å². The second-order valence-electron chi connectivity index (χ2n) is 4.82. The monoisotopic (exact) mass is 270 g/mol. The maximum atomic E-state index is 5.84. The average Bonchev–Trinajstić information content (AvgIpc) is 2.70. The Balaban J connectivity index is 2.96. The van der Waals surface area contributed by atoms with E-state index in [-0.39, 0.29) is 6.10 Å². The lowest BCUT2D eigenvalue weighted by atomic mass is 10.1. The molecule has 4 heteroatoms. The number of aryl methyl sites for hydroxylation is 1. The fraction of sp³-hybridized carbons (Fsp3) is 0.786. The minimum atomic E-state index is 0.140. The topological polar surface area (TPSA) is 34.1 Å². The van der Waals surface area contributed by atoms with Gasteiger partial charge >= 0.3 is 0 Å². The summed E-state index contributed by atoms with van der Waals surface area (Å²) in [7, 11) is 1.98. The van der Waals surface area contributed by atoms with E-state index in [0.717, 1.165) is 31.0 Å². The molecule has 0 fully saturated rings. The van der Waals surface area contributed by atoms with Crippen LogP contribution in [0.15, 0.2) is 0 Å². The predicted molar refractivity (Wildman–Crippen MR) is 78.1 cm³/mol. The molecule has 18 heavy (non-hydrogen) atoms. The smallest absolute Gasteiger partial charge is 0.122 e. The third kappa shape index (κ3) is 4.04. The lowest BCUT2D eigenvalue weighted by molar-refractivity contribution is 0.0292. The molecule has 0 bridgehead atoms. The van der Waals surface area contributed by atoms with Crippen LogP contribution in [0, 0.1) is 5.92 Å². The Hall–Kier alpha value is -0.450. The number of hydrogen-bond acceptors (Lipinski definition) is 4. The maximum absolute atomic E-state index is 5.84. The second-order valence-corrected chi connectivity index (χ2v) is 5.94. The maximum Gasteiger partial charge on any atom is 0.122 e. The average molecular weight is 270 g/mol. The van der Waals surface area contributed by atoms with Crippen LogP contribution < -0.4 is 5.32 Å². The highest BCUT2D eigenvalue weighted by Crippen LogP contribution is 2.31.